The summed E-state index contributed by atoms with van der Waals surface area (Å²) in [5, 5.41) is 0. The van der Waals surface area contributed by atoms with Gasteiger partial charge < -0.3 is 5.73 Å². The lowest BCUT2D eigenvalue weighted by atomic mass is 10.1. The van der Waals surface area contributed by atoms with Gasteiger partial charge in [0.15, 0.2) is 0 Å². The second-order valence-electron chi connectivity index (χ2n) is 4.26. The third-order valence-electron chi connectivity index (χ3n) is 2.76. The summed E-state index contributed by atoms with van der Waals surface area (Å²) in [6, 6.07) is 14.9. The first kappa shape index (κ1) is 13.1. The van der Waals surface area contributed by atoms with Crippen molar-refractivity contribution in [3.63, 3.8) is 0 Å². The van der Waals surface area contributed by atoms with Crippen LogP contribution in [-0.4, -0.2) is 5.75 Å². The van der Waals surface area contributed by atoms with Crippen LogP contribution in [0.15, 0.2) is 53.4 Å². The topological polar surface area (TPSA) is 26.0 Å². The molecule has 2 N–H and O–H groups in total. The van der Waals surface area contributed by atoms with E-state index in [1.54, 1.807) is 12.1 Å². The van der Waals surface area contributed by atoms with E-state index in [2.05, 4.69) is 0 Å². The minimum Gasteiger partial charge on any atom is -0.323 e. The summed E-state index contributed by atoms with van der Waals surface area (Å²) in [5.74, 6) is 0.489. The van der Waals surface area contributed by atoms with Gasteiger partial charge in [0.1, 0.15) is 5.82 Å². The second kappa shape index (κ2) is 6.03. The quantitative estimate of drug-likeness (QED) is 0.844. The van der Waals surface area contributed by atoms with Crippen LogP contribution in [0.3, 0.4) is 0 Å². The van der Waals surface area contributed by atoms with Gasteiger partial charge in [-0.1, -0.05) is 42.0 Å². The number of hydrogen-bond acceptors (Lipinski definition) is 2. The van der Waals surface area contributed by atoms with Crippen LogP contribution in [0.5, 0.6) is 0 Å². The first-order valence-corrected chi connectivity index (χ1v) is 6.85. The highest BCUT2D eigenvalue weighted by Crippen LogP contribution is 2.25. The molecule has 3 heteroatoms. The molecule has 0 fully saturated rings. The molecule has 0 aromatic heterocycles. The molecule has 1 atom stereocenters. The zero-order chi connectivity index (χ0) is 13.0. The maximum absolute atomic E-state index is 13.4. The highest BCUT2D eigenvalue weighted by atomic mass is 32.2. The lowest BCUT2D eigenvalue weighted by Crippen LogP contribution is -2.12. The van der Waals surface area contributed by atoms with Gasteiger partial charge in [-0.3, -0.25) is 0 Å². The summed E-state index contributed by atoms with van der Waals surface area (Å²) >= 11 is 1.45. The average Bonchev–Trinajstić information content (AvgIpc) is 2.38. The van der Waals surface area contributed by atoms with Crippen LogP contribution in [-0.2, 0) is 0 Å². The predicted octanol–water partition coefficient (Wildman–Crippen LogP) is 3.93. The fourth-order valence-electron chi connectivity index (χ4n) is 1.65. The monoisotopic (exact) mass is 261 g/mol. The Balaban J connectivity index is 1.98. The van der Waals surface area contributed by atoms with Gasteiger partial charge in [-0.2, -0.15) is 0 Å². The molecular formula is C15H16FNS. The van der Waals surface area contributed by atoms with Gasteiger partial charge in [-0.25, -0.2) is 4.39 Å². The fourth-order valence-corrected chi connectivity index (χ4v) is 2.58. The lowest BCUT2D eigenvalue weighted by Gasteiger charge is -2.12. The molecule has 0 spiro atoms. The molecular weight excluding hydrogens is 245 g/mol. The van der Waals surface area contributed by atoms with Crippen molar-refractivity contribution < 1.29 is 4.39 Å². The van der Waals surface area contributed by atoms with E-state index in [-0.39, 0.29) is 11.9 Å². The Morgan fingerprint density at radius 3 is 2.44 bits per heavy atom. The molecule has 2 aromatic carbocycles. The first-order valence-electron chi connectivity index (χ1n) is 5.86. The summed E-state index contributed by atoms with van der Waals surface area (Å²) in [5.41, 5.74) is 8.40. The number of hydrogen-bond donors (Lipinski definition) is 1. The van der Waals surface area contributed by atoms with E-state index < -0.39 is 0 Å². The summed E-state index contributed by atoms with van der Waals surface area (Å²) in [7, 11) is 0. The smallest absolute Gasteiger partial charge is 0.136 e. The number of benzene rings is 2. The van der Waals surface area contributed by atoms with Crippen molar-refractivity contribution >= 4 is 11.8 Å². The number of halogens is 1. The summed E-state index contributed by atoms with van der Waals surface area (Å²) in [6.45, 7) is 2.05. The zero-order valence-corrected chi connectivity index (χ0v) is 11.1. The number of thioether (sulfide) groups is 1. The number of nitrogens with two attached hydrogens (primary N) is 1. The van der Waals surface area contributed by atoms with E-state index in [1.165, 1.54) is 23.4 Å². The van der Waals surface area contributed by atoms with Crippen molar-refractivity contribution in [2.24, 2.45) is 5.73 Å². The van der Waals surface area contributed by atoms with Gasteiger partial charge in [0, 0.05) is 16.7 Å². The van der Waals surface area contributed by atoms with Gasteiger partial charge in [-0.05, 0) is 24.6 Å². The molecule has 0 aliphatic carbocycles. The van der Waals surface area contributed by atoms with Gasteiger partial charge in [0.25, 0.3) is 0 Å². The van der Waals surface area contributed by atoms with E-state index in [0.29, 0.717) is 10.6 Å². The second-order valence-corrected chi connectivity index (χ2v) is 5.32. The van der Waals surface area contributed by atoms with Crippen LogP contribution in [0.2, 0.25) is 0 Å². The van der Waals surface area contributed by atoms with Crippen LogP contribution in [0.25, 0.3) is 0 Å². The van der Waals surface area contributed by atoms with Crippen molar-refractivity contribution in [3.05, 3.63) is 65.5 Å². The lowest BCUT2D eigenvalue weighted by molar-refractivity contribution is 0.602. The average molecular weight is 261 g/mol. The predicted molar refractivity (Wildman–Crippen MR) is 75.2 cm³/mol. The fraction of sp³-hybridized carbons (Fsp3) is 0.200. The van der Waals surface area contributed by atoms with Crippen molar-refractivity contribution in [1.82, 2.24) is 0 Å². The molecule has 0 saturated carbocycles. The molecule has 0 amide bonds. The molecule has 0 bridgehead atoms. The molecule has 2 rings (SSSR count). The van der Waals surface area contributed by atoms with Gasteiger partial charge in [0.05, 0.1) is 0 Å². The van der Waals surface area contributed by atoms with Gasteiger partial charge >= 0.3 is 0 Å². The van der Waals surface area contributed by atoms with Crippen LogP contribution >= 0.6 is 11.8 Å². The molecule has 1 nitrogen and oxygen atoms in total. The van der Waals surface area contributed by atoms with E-state index in [9.17, 15) is 4.39 Å². The third kappa shape index (κ3) is 3.34. The Labute approximate surface area is 111 Å². The Hall–Kier alpha value is -1.32. The molecule has 1 unspecified atom stereocenters. The highest BCUT2D eigenvalue weighted by molar-refractivity contribution is 7.99. The standard InChI is InChI=1S/C15H16FNS/c1-11-6-8-12(9-7-11)14(17)10-18-15-5-3-2-4-13(15)16/h2-9,14H,10,17H2,1H3. The van der Waals surface area contributed by atoms with Gasteiger partial charge in [-0.15, -0.1) is 11.8 Å². The minimum absolute atomic E-state index is 0.0739. The van der Waals surface area contributed by atoms with E-state index in [1.807, 2.05) is 37.3 Å². The van der Waals surface area contributed by atoms with Crippen LogP contribution in [0.4, 0.5) is 4.39 Å². The Bertz CT molecular complexity index is 510. The van der Waals surface area contributed by atoms with Crippen molar-refractivity contribution in [3.8, 4) is 0 Å². The first-order chi connectivity index (χ1) is 8.66. The normalized spacial score (nSPS) is 12.4. The van der Waals surface area contributed by atoms with Gasteiger partial charge in [0.2, 0.25) is 0 Å². The van der Waals surface area contributed by atoms with Crippen LogP contribution in [0.1, 0.15) is 17.2 Å². The zero-order valence-electron chi connectivity index (χ0n) is 10.3. The Morgan fingerprint density at radius 1 is 1.11 bits per heavy atom. The Kier molecular flexibility index (Phi) is 4.39. The maximum Gasteiger partial charge on any atom is 0.136 e. The summed E-state index contributed by atoms with van der Waals surface area (Å²) in [4.78, 5) is 0.653. The van der Waals surface area contributed by atoms with E-state index in [0.717, 1.165) is 5.56 Å². The molecule has 94 valence electrons. The Morgan fingerprint density at radius 2 is 1.78 bits per heavy atom. The molecule has 0 saturated heterocycles. The largest absolute Gasteiger partial charge is 0.323 e. The van der Waals surface area contributed by atoms with Crippen molar-refractivity contribution in [2.75, 3.05) is 5.75 Å². The number of rotatable bonds is 4. The highest BCUT2D eigenvalue weighted by Gasteiger charge is 2.08. The molecule has 0 aliphatic rings. The van der Waals surface area contributed by atoms with Crippen LogP contribution in [0, 0.1) is 12.7 Å². The van der Waals surface area contributed by atoms with Crippen molar-refractivity contribution in [1.29, 1.82) is 0 Å². The van der Waals surface area contributed by atoms with E-state index >= 15 is 0 Å². The van der Waals surface area contributed by atoms with Crippen molar-refractivity contribution in [2.45, 2.75) is 17.9 Å². The number of aryl methyl sites for hydroxylation is 1. The molecule has 0 radical (unpaired) electrons. The molecule has 18 heavy (non-hydrogen) atoms. The SMILES string of the molecule is Cc1ccc(C(N)CSc2ccccc2F)cc1. The van der Waals surface area contributed by atoms with E-state index in [4.69, 9.17) is 5.73 Å². The molecule has 0 heterocycles. The molecule has 2 aromatic rings. The third-order valence-corrected chi connectivity index (χ3v) is 3.93. The minimum atomic E-state index is -0.182. The maximum atomic E-state index is 13.4. The molecule has 0 aliphatic heterocycles. The summed E-state index contributed by atoms with van der Waals surface area (Å²) in [6.07, 6.45) is 0. The van der Waals surface area contributed by atoms with Crippen LogP contribution < -0.4 is 5.73 Å². The summed E-state index contributed by atoms with van der Waals surface area (Å²) < 4.78 is 13.4.